The Kier molecular flexibility index (Phi) is 3.91. The summed E-state index contributed by atoms with van der Waals surface area (Å²) in [6.07, 6.45) is 6.99. The van der Waals surface area contributed by atoms with Crippen LogP contribution in [0, 0.1) is 17.3 Å². The number of rotatable bonds is 3. The first-order chi connectivity index (χ1) is 7.61. The van der Waals surface area contributed by atoms with Gasteiger partial charge in [0.1, 0.15) is 0 Å². The molecule has 0 bridgehead atoms. The van der Waals surface area contributed by atoms with Gasteiger partial charge in [0, 0.05) is 13.1 Å². The first-order valence-electron chi connectivity index (χ1n) is 7.03. The molecule has 0 radical (unpaired) electrons. The summed E-state index contributed by atoms with van der Waals surface area (Å²) in [5.74, 6) is 1.69. The Morgan fingerprint density at radius 2 is 1.88 bits per heavy atom. The summed E-state index contributed by atoms with van der Waals surface area (Å²) in [7, 11) is 0. The van der Waals surface area contributed by atoms with Gasteiger partial charge >= 0.3 is 0 Å². The Labute approximate surface area is 101 Å². The Bertz CT molecular complexity index is 225. The molecule has 16 heavy (non-hydrogen) atoms. The highest BCUT2D eigenvalue weighted by Crippen LogP contribution is 2.34. The van der Waals surface area contributed by atoms with Crippen LogP contribution in [0.2, 0.25) is 0 Å². The van der Waals surface area contributed by atoms with Gasteiger partial charge in [-0.2, -0.15) is 0 Å². The minimum Gasteiger partial charge on any atom is -0.330 e. The highest BCUT2D eigenvalue weighted by molar-refractivity contribution is 4.86. The van der Waals surface area contributed by atoms with Gasteiger partial charge < -0.3 is 10.6 Å². The van der Waals surface area contributed by atoms with Crippen molar-refractivity contribution < 1.29 is 0 Å². The van der Waals surface area contributed by atoms with Crippen molar-refractivity contribution in [3.63, 3.8) is 0 Å². The van der Waals surface area contributed by atoms with Gasteiger partial charge in [-0.1, -0.05) is 26.7 Å². The molecule has 0 amide bonds. The molecule has 2 unspecified atom stereocenters. The van der Waals surface area contributed by atoms with Crippen LogP contribution in [0.3, 0.4) is 0 Å². The molecule has 2 atom stereocenters. The van der Waals surface area contributed by atoms with E-state index in [9.17, 15) is 0 Å². The fourth-order valence-corrected chi connectivity index (χ4v) is 3.55. The molecule has 1 aliphatic heterocycles. The smallest absolute Gasteiger partial charge is 0.00333 e. The van der Waals surface area contributed by atoms with Crippen molar-refractivity contribution in [2.45, 2.75) is 46.0 Å². The maximum absolute atomic E-state index is 5.90. The van der Waals surface area contributed by atoms with Crippen molar-refractivity contribution in [3.05, 3.63) is 0 Å². The average Bonchev–Trinajstić information content (AvgIpc) is 2.59. The lowest BCUT2D eigenvalue weighted by molar-refractivity contribution is 0.165. The Morgan fingerprint density at radius 1 is 1.19 bits per heavy atom. The van der Waals surface area contributed by atoms with Crippen molar-refractivity contribution >= 4 is 0 Å². The Hall–Kier alpha value is -0.0800. The van der Waals surface area contributed by atoms with Crippen molar-refractivity contribution in [1.82, 2.24) is 4.90 Å². The lowest BCUT2D eigenvalue weighted by Crippen LogP contribution is -2.36. The second kappa shape index (κ2) is 5.05. The van der Waals surface area contributed by atoms with Crippen LogP contribution in [0.25, 0.3) is 0 Å². The van der Waals surface area contributed by atoms with E-state index in [0.29, 0.717) is 5.41 Å². The molecule has 2 fully saturated rings. The zero-order chi connectivity index (χ0) is 11.6. The second-order valence-electron chi connectivity index (χ2n) is 6.69. The third-order valence-corrected chi connectivity index (χ3v) is 4.62. The number of likely N-dealkylation sites (tertiary alicyclic amines) is 1. The molecule has 2 aliphatic rings. The van der Waals surface area contributed by atoms with Crippen LogP contribution in [0.5, 0.6) is 0 Å². The molecule has 1 saturated heterocycles. The number of hydrogen-bond donors (Lipinski definition) is 1. The van der Waals surface area contributed by atoms with Crippen LogP contribution in [-0.2, 0) is 0 Å². The molecule has 2 rings (SSSR count). The lowest BCUT2D eigenvalue weighted by atomic mass is 9.79. The molecule has 94 valence electrons. The molecule has 2 heteroatoms. The van der Waals surface area contributed by atoms with Crippen LogP contribution in [0.1, 0.15) is 46.0 Å². The second-order valence-corrected chi connectivity index (χ2v) is 6.69. The van der Waals surface area contributed by atoms with E-state index in [-0.39, 0.29) is 0 Å². The van der Waals surface area contributed by atoms with Gasteiger partial charge in [-0.25, -0.2) is 0 Å². The number of nitrogens with zero attached hydrogens (tertiary/aromatic N) is 1. The van der Waals surface area contributed by atoms with E-state index in [1.165, 1.54) is 51.7 Å². The van der Waals surface area contributed by atoms with Gasteiger partial charge in [-0.15, -0.1) is 0 Å². The molecule has 1 aliphatic carbocycles. The van der Waals surface area contributed by atoms with Gasteiger partial charge in [-0.3, -0.25) is 0 Å². The molecule has 0 aromatic carbocycles. The summed E-state index contributed by atoms with van der Waals surface area (Å²) >= 11 is 0. The normalized spacial score (nSPS) is 35.4. The zero-order valence-corrected chi connectivity index (χ0v) is 11.0. The summed E-state index contributed by atoms with van der Waals surface area (Å²) in [5.41, 5.74) is 6.45. The number of nitrogens with two attached hydrogens (primary N) is 1. The van der Waals surface area contributed by atoms with Crippen molar-refractivity contribution in [1.29, 1.82) is 0 Å². The maximum Gasteiger partial charge on any atom is 0.00333 e. The highest BCUT2D eigenvalue weighted by Gasteiger charge is 2.32. The van der Waals surface area contributed by atoms with Gasteiger partial charge in [-0.05, 0) is 49.6 Å². The summed E-state index contributed by atoms with van der Waals surface area (Å²) in [6.45, 7) is 9.61. The van der Waals surface area contributed by atoms with E-state index in [1.54, 1.807) is 0 Å². The zero-order valence-electron chi connectivity index (χ0n) is 11.0. The van der Waals surface area contributed by atoms with Gasteiger partial charge in [0.15, 0.2) is 0 Å². The summed E-state index contributed by atoms with van der Waals surface area (Å²) < 4.78 is 0. The summed E-state index contributed by atoms with van der Waals surface area (Å²) in [4.78, 5) is 2.68. The fraction of sp³-hybridized carbons (Fsp3) is 1.00. The topological polar surface area (TPSA) is 29.3 Å². The standard InChI is InChI=1S/C14H28N2/c1-14(2)7-8-16(11-14)10-13-6-4-3-5-12(13)9-15/h12-13H,3-11,15H2,1-2H3. The molecule has 0 aromatic heterocycles. The van der Waals surface area contributed by atoms with E-state index < -0.39 is 0 Å². The minimum absolute atomic E-state index is 0.548. The first kappa shape index (κ1) is 12.4. The van der Waals surface area contributed by atoms with E-state index in [0.717, 1.165) is 18.4 Å². The largest absolute Gasteiger partial charge is 0.330 e. The monoisotopic (exact) mass is 224 g/mol. The molecule has 0 aromatic rings. The quantitative estimate of drug-likeness (QED) is 0.798. The molecular formula is C14H28N2. The van der Waals surface area contributed by atoms with Crippen LogP contribution in [0.15, 0.2) is 0 Å². The average molecular weight is 224 g/mol. The summed E-state index contributed by atoms with van der Waals surface area (Å²) in [6, 6.07) is 0. The van der Waals surface area contributed by atoms with Gasteiger partial charge in [0.25, 0.3) is 0 Å². The van der Waals surface area contributed by atoms with Crippen LogP contribution in [0.4, 0.5) is 0 Å². The van der Waals surface area contributed by atoms with E-state index in [1.807, 2.05) is 0 Å². The van der Waals surface area contributed by atoms with Crippen LogP contribution >= 0.6 is 0 Å². The van der Waals surface area contributed by atoms with Crippen molar-refractivity contribution in [2.24, 2.45) is 23.0 Å². The molecule has 1 heterocycles. The molecule has 1 saturated carbocycles. The predicted octanol–water partition coefficient (Wildman–Crippen LogP) is 2.48. The minimum atomic E-state index is 0.548. The lowest BCUT2D eigenvalue weighted by Gasteiger charge is -2.34. The SMILES string of the molecule is CC1(C)CCN(CC2CCCCC2CN)C1. The van der Waals surface area contributed by atoms with Crippen molar-refractivity contribution in [3.8, 4) is 0 Å². The maximum atomic E-state index is 5.90. The van der Waals surface area contributed by atoms with Crippen LogP contribution in [-0.4, -0.2) is 31.1 Å². The van der Waals surface area contributed by atoms with Gasteiger partial charge in [0.2, 0.25) is 0 Å². The third-order valence-electron chi connectivity index (χ3n) is 4.62. The summed E-state index contributed by atoms with van der Waals surface area (Å²) in [5, 5.41) is 0. The Balaban J connectivity index is 1.84. The Morgan fingerprint density at radius 3 is 2.44 bits per heavy atom. The molecule has 2 N–H and O–H groups in total. The molecular weight excluding hydrogens is 196 g/mol. The highest BCUT2D eigenvalue weighted by atomic mass is 15.2. The van der Waals surface area contributed by atoms with E-state index in [2.05, 4.69) is 18.7 Å². The molecule has 0 spiro atoms. The van der Waals surface area contributed by atoms with Crippen molar-refractivity contribution in [2.75, 3.05) is 26.2 Å². The van der Waals surface area contributed by atoms with Gasteiger partial charge in [0.05, 0.1) is 0 Å². The number of hydrogen-bond acceptors (Lipinski definition) is 2. The molecule has 2 nitrogen and oxygen atoms in total. The first-order valence-corrected chi connectivity index (χ1v) is 7.03. The third kappa shape index (κ3) is 2.98. The fourth-order valence-electron chi connectivity index (χ4n) is 3.55. The van der Waals surface area contributed by atoms with Crippen LogP contribution < -0.4 is 5.73 Å². The van der Waals surface area contributed by atoms with E-state index >= 15 is 0 Å². The van der Waals surface area contributed by atoms with E-state index in [4.69, 9.17) is 5.73 Å². The predicted molar refractivity (Wildman–Crippen MR) is 69.3 cm³/mol.